The lowest BCUT2D eigenvalue weighted by Gasteiger charge is -2.14. The number of Topliss-reactive ketones (excluding diaryl/α,β-unsaturated/α-hetero) is 1. The maximum absolute atomic E-state index is 12.6. The Morgan fingerprint density at radius 2 is 1.73 bits per heavy atom. The molecule has 0 saturated heterocycles. The third kappa shape index (κ3) is 3.56. The van der Waals surface area contributed by atoms with Crippen LogP contribution in [-0.4, -0.2) is 10.9 Å². The van der Waals surface area contributed by atoms with Crippen molar-refractivity contribution in [3.8, 4) is 16.9 Å². The van der Waals surface area contributed by atoms with Crippen LogP contribution < -0.4 is 0 Å². The van der Waals surface area contributed by atoms with E-state index >= 15 is 0 Å². The van der Waals surface area contributed by atoms with E-state index in [9.17, 15) is 9.90 Å². The van der Waals surface area contributed by atoms with Crippen LogP contribution in [0, 0.1) is 0 Å². The second-order valence-corrected chi connectivity index (χ2v) is 5.60. The van der Waals surface area contributed by atoms with E-state index < -0.39 is 0 Å². The maximum atomic E-state index is 12.6. The van der Waals surface area contributed by atoms with E-state index in [1.807, 2.05) is 49.4 Å². The Bertz CT molecular complexity index is 630. The molecular weight excluding hydrogens is 272 g/mol. The number of hydrogen-bond donors (Lipinski definition) is 1. The number of carbonyl (C=O) groups is 1. The van der Waals surface area contributed by atoms with Crippen molar-refractivity contribution in [2.24, 2.45) is 0 Å². The fourth-order valence-electron chi connectivity index (χ4n) is 2.72. The number of hydrogen-bond acceptors (Lipinski definition) is 2. The van der Waals surface area contributed by atoms with Gasteiger partial charge in [-0.25, -0.2) is 0 Å². The van der Waals surface area contributed by atoms with Gasteiger partial charge in [-0.15, -0.1) is 0 Å². The number of ketones is 1. The molecule has 0 fully saturated rings. The highest BCUT2D eigenvalue weighted by molar-refractivity contribution is 6.05. The van der Waals surface area contributed by atoms with E-state index in [0.29, 0.717) is 12.0 Å². The number of rotatable bonds is 7. The summed E-state index contributed by atoms with van der Waals surface area (Å²) >= 11 is 0. The van der Waals surface area contributed by atoms with E-state index in [4.69, 9.17) is 0 Å². The third-order valence-electron chi connectivity index (χ3n) is 4.01. The molecule has 2 aromatic carbocycles. The number of aromatic hydroxyl groups is 1. The van der Waals surface area contributed by atoms with Gasteiger partial charge in [0.15, 0.2) is 5.78 Å². The monoisotopic (exact) mass is 296 g/mol. The van der Waals surface area contributed by atoms with Crippen LogP contribution in [0.2, 0.25) is 0 Å². The molecule has 0 saturated carbocycles. The van der Waals surface area contributed by atoms with E-state index in [-0.39, 0.29) is 11.5 Å². The van der Waals surface area contributed by atoms with Gasteiger partial charge in [-0.2, -0.15) is 0 Å². The second kappa shape index (κ2) is 7.79. The fourth-order valence-corrected chi connectivity index (χ4v) is 2.72. The summed E-state index contributed by atoms with van der Waals surface area (Å²) in [5.41, 5.74) is 3.12. The van der Waals surface area contributed by atoms with Crippen LogP contribution in [0.4, 0.5) is 0 Å². The van der Waals surface area contributed by atoms with Crippen LogP contribution in [0.1, 0.15) is 55.5 Å². The van der Waals surface area contributed by atoms with E-state index in [0.717, 1.165) is 42.4 Å². The van der Waals surface area contributed by atoms with Crippen molar-refractivity contribution in [2.75, 3.05) is 0 Å². The standard InChI is InChI=1S/C20H24O2/c1-3-5-7-12-18(21)19-17(16-10-8-6-9-11-16)14-13-15(4-2)20(19)22/h6,8-11,13-14,22H,3-5,7,12H2,1-2H3. The van der Waals surface area contributed by atoms with Crippen LogP contribution in [-0.2, 0) is 6.42 Å². The average molecular weight is 296 g/mol. The minimum absolute atomic E-state index is 0.0418. The van der Waals surface area contributed by atoms with Gasteiger partial charge in [0.2, 0.25) is 0 Å². The first kappa shape index (κ1) is 16.3. The average Bonchev–Trinajstić information content (AvgIpc) is 2.55. The van der Waals surface area contributed by atoms with Gasteiger partial charge < -0.3 is 5.11 Å². The van der Waals surface area contributed by atoms with Gasteiger partial charge in [-0.1, -0.05) is 69.2 Å². The van der Waals surface area contributed by atoms with Crippen LogP contribution >= 0.6 is 0 Å². The maximum Gasteiger partial charge on any atom is 0.167 e. The lowest BCUT2D eigenvalue weighted by molar-refractivity contribution is 0.0977. The number of aryl methyl sites for hydroxylation is 1. The van der Waals surface area contributed by atoms with Gasteiger partial charge in [0.05, 0.1) is 5.56 Å². The zero-order valence-corrected chi connectivity index (χ0v) is 13.4. The molecule has 0 aliphatic carbocycles. The quantitative estimate of drug-likeness (QED) is 0.550. The molecule has 0 aromatic heterocycles. The zero-order valence-electron chi connectivity index (χ0n) is 13.4. The van der Waals surface area contributed by atoms with Crippen molar-refractivity contribution in [3.63, 3.8) is 0 Å². The molecular formula is C20H24O2. The second-order valence-electron chi connectivity index (χ2n) is 5.60. The van der Waals surface area contributed by atoms with Gasteiger partial charge in [-0.05, 0) is 29.5 Å². The van der Waals surface area contributed by atoms with Crippen molar-refractivity contribution in [2.45, 2.75) is 46.0 Å². The van der Waals surface area contributed by atoms with E-state index in [1.165, 1.54) is 0 Å². The number of carbonyl (C=O) groups excluding carboxylic acids is 1. The molecule has 2 rings (SSSR count). The minimum Gasteiger partial charge on any atom is -0.507 e. The highest BCUT2D eigenvalue weighted by Gasteiger charge is 2.19. The first-order valence-corrected chi connectivity index (χ1v) is 8.12. The summed E-state index contributed by atoms with van der Waals surface area (Å²) in [5, 5.41) is 10.5. The normalized spacial score (nSPS) is 10.6. The van der Waals surface area contributed by atoms with Crippen molar-refractivity contribution < 1.29 is 9.90 Å². The number of benzene rings is 2. The summed E-state index contributed by atoms with van der Waals surface area (Å²) in [6.07, 6.45) is 4.21. The van der Waals surface area contributed by atoms with Crippen molar-refractivity contribution in [3.05, 3.63) is 53.6 Å². The highest BCUT2D eigenvalue weighted by atomic mass is 16.3. The van der Waals surface area contributed by atoms with Gasteiger partial charge >= 0.3 is 0 Å². The predicted octanol–water partition coefficient (Wildman–Crippen LogP) is 5.38. The zero-order chi connectivity index (χ0) is 15.9. The Labute approximate surface area is 132 Å². The summed E-state index contributed by atoms with van der Waals surface area (Å²) in [7, 11) is 0. The van der Waals surface area contributed by atoms with E-state index in [2.05, 4.69) is 6.92 Å². The molecule has 1 N–H and O–H groups in total. The molecule has 0 radical (unpaired) electrons. The molecule has 2 nitrogen and oxygen atoms in total. The number of phenolic OH excluding ortho intramolecular Hbond substituents is 1. The van der Waals surface area contributed by atoms with Crippen molar-refractivity contribution in [1.82, 2.24) is 0 Å². The van der Waals surface area contributed by atoms with Crippen LogP contribution in [0.3, 0.4) is 0 Å². The van der Waals surface area contributed by atoms with Gasteiger partial charge in [-0.3, -0.25) is 4.79 Å². The molecule has 2 aromatic rings. The molecule has 2 heteroatoms. The summed E-state index contributed by atoms with van der Waals surface area (Å²) in [5.74, 6) is 0.199. The van der Waals surface area contributed by atoms with Crippen molar-refractivity contribution >= 4 is 5.78 Å². The summed E-state index contributed by atoms with van der Waals surface area (Å²) < 4.78 is 0. The molecule has 116 valence electrons. The van der Waals surface area contributed by atoms with Crippen molar-refractivity contribution in [1.29, 1.82) is 0 Å². The predicted molar refractivity (Wildman–Crippen MR) is 91.4 cm³/mol. The summed E-state index contributed by atoms with van der Waals surface area (Å²) in [6.45, 7) is 4.11. The lowest BCUT2D eigenvalue weighted by Crippen LogP contribution is -2.04. The Hall–Kier alpha value is -2.09. The molecule has 0 unspecified atom stereocenters. The minimum atomic E-state index is 0.0418. The first-order chi connectivity index (χ1) is 10.7. The Morgan fingerprint density at radius 1 is 1.00 bits per heavy atom. The molecule has 0 heterocycles. The molecule has 0 atom stereocenters. The Balaban J connectivity index is 2.45. The molecule has 22 heavy (non-hydrogen) atoms. The van der Waals surface area contributed by atoms with E-state index in [1.54, 1.807) is 0 Å². The van der Waals surface area contributed by atoms with Crippen LogP contribution in [0.15, 0.2) is 42.5 Å². The molecule has 0 spiro atoms. The largest absolute Gasteiger partial charge is 0.507 e. The van der Waals surface area contributed by atoms with Crippen LogP contribution in [0.5, 0.6) is 5.75 Å². The molecule has 0 aliphatic heterocycles. The molecule has 0 amide bonds. The molecule has 0 bridgehead atoms. The third-order valence-corrected chi connectivity index (χ3v) is 4.01. The highest BCUT2D eigenvalue weighted by Crippen LogP contribution is 2.34. The fraction of sp³-hybridized carbons (Fsp3) is 0.350. The SMILES string of the molecule is CCCCCC(=O)c1c(-c2ccccc2)ccc(CC)c1O. The molecule has 0 aliphatic rings. The Kier molecular flexibility index (Phi) is 5.76. The topological polar surface area (TPSA) is 37.3 Å². The number of phenols is 1. The summed E-state index contributed by atoms with van der Waals surface area (Å²) in [4.78, 5) is 12.6. The van der Waals surface area contributed by atoms with Gasteiger partial charge in [0.1, 0.15) is 5.75 Å². The van der Waals surface area contributed by atoms with Gasteiger partial charge in [0.25, 0.3) is 0 Å². The summed E-state index contributed by atoms with van der Waals surface area (Å²) in [6, 6.07) is 13.7. The first-order valence-electron chi connectivity index (χ1n) is 8.12. The Morgan fingerprint density at radius 3 is 2.36 bits per heavy atom. The lowest BCUT2D eigenvalue weighted by atomic mass is 9.91. The van der Waals surface area contributed by atoms with Gasteiger partial charge in [0, 0.05) is 6.42 Å². The number of unbranched alkanes of at least 4 members (excludes halogenated alkanes) is 2. The smallest absolute Gasteiger partial charge is 0.167 e. The van der Waals surface area contributed by atoms with Crippen LogP contribution in [0.25, 0.3) is 11.1 Å².